The maximum atomic E-state index is 5.67. The molecule has 0 unspecified atom stereocenters. The van der Waals surface area contributed by atoms with Crippen molar-refractivity contribution < 1.29 is 4.74 Å². The normalized spacial score (nSPS) is 10.3. The van der Waals surface area contributed by atoms with Crippen molar-refractivity contribution in [3.8, 4) is 0 Å². The summed E-state index contributed by atoms with van der Waals surface area (Å²) < 4.78 is 5.67. The number of rotatable bonds is 8. The van der Waals surface area contributed by atoms with E-state index in [1.54, 1.807) is 0 Å². The number of hydrogen-bond acceptors (Lipinski definition) is 2. The van der Waals surface area contributed by atoms with Crippen LogP contribution < -0.4 is 0 Å². The average molecular weight is 291 g/mol. The summed E-state index contributed by atoms with van der Waals surface area (Å²) in [4.78, 5) is 8.68. The van der Waals surface area contributed by atoms with Crippen LogP contribution in [0.15, 0.2) is 35.3 Å². The van der Waals surface area contributed by atoms with Crippen LogP contribution in [0.2, 0.25) is 0 Å². The second-order valence-electron chi connectivity index (χ2n) is 5.53. The van der Waals surface area contributed by atoms with E-state index in [0.717, 1.165) is 45.0 Å². The van der Waals surface area contributed by atoms with Gasteiger partial charge in [-0.05, 0) is 24.8 Å². The molecule has 0 aromatic heterocycles. The highest BCUT2D eigenvalue weighted by molar-refractivity contribution is 5.79. The first-order valence-corrected chi connectivity index (χ1v) is 7.62. The SMILES string of the molecule is CN(C)C(=NCCCCOCCc1ccccc1)N(C)C. The van der Waals surface area contributed by atoms with Crippen molar-refractivity contribution in [1.82, 2.24) is 9.80 Å². The Balaban J connectivity index is 2.05. The lowest BCUT2D eigenvalue weighted by Crippen LogP contribution is -2.35. The third-order valence-corrected chi connectivity index (χ3v) is 3.13. The summed E-state index contributed by atoms with van der Waals surface area (Å²) in [5.74, 6) is 1.01. The molecular formula is C17H29N3O. The quantitative estimate of drug-likeness (QED) is 0.418. The predicted octanol–water partition coefficient (Wildman–Crippen LogP) is 2.51. The fraction of sp³-hybridized carbons (Fsp3) is 0.588. The van der Waals surface area contributed by atoms with Crippen molar-refractivity contribution in [2.75, 3.05) is 47.9 Å². The molecule has 1 aromatic carbocycles. The maximum Gasteiger partial charge on any atom is 0.195 e. The molecule has 1 aromatic rings. The van der Waals surface area contributed by atoms with Crippen LogP contribution in [0, 0.1) is 0 Å². The summed E-state index contributed by atoms with van der Waals surface area (Å²) in [6.45, 7) is 2.48. The van der Waals surface area contributed by atoms with E-state index in [1.807, 2.05) is 44.1 Å². The number of aliphatic imine (C=N–C) groups is 1. The fourth-order valence-electron chi connectivity index (χ4n) is 2.11. The smallest absolute Gasteiger partial charge is 0.195 e. The van der Waals surface area contributed by atoms with Gasteiger partial charge in [-0.2, -0.15) is 0 Å². The lowest BCUT2D eigenvalue weighted by molar-refractivity contribution is 0.134. The summed E-state index contributed by atoms with van der Waals surface area (Å²) in [7, 11) is 8.08. The van der Waals surface area contributed by atoms with Gasteiger partial charge in [-0.3, -0.25) is 4.99 Å². The molecule has 0 fully saturated rings. The molecule has 0 aliphatic heterocycles. The zero-order valence-corrected chi connectivity index (χ0v) is 13.9. The topological polar surface area (TPSA) is 28.1 Å². The molecule has 0 saturated carbocycles. The Hall–Kier alpha value is -1.55. The minimum absolute atomic E-state index is 0.800. The molecular weight excluding hydrogens is 262 g/mol. The van der Waals surface area contributed by atoms with E-state index in [-0.39, 0.29) is 0 Å². The highest BCUT2D eigenvalue weighted by atomic mass is 16.5. The van der Waals surface area contributed by atoms with Gasteiger partial charge >= 0.3 is 0 Å². The van der Waals surface area contributed by atoms with Gasteiger partial charge in [0.2, 0.25) is 0 Å². The average Bonchev–Trinajstić information content (AvgIpc) is 2.45. The Morgan fingerprint density at radius 2 is 1.62 bits per heavy atom. The molecule has 0 amide bonds. The van der Waals surface area contributed by atoms with Gasteiger partial charge in [-0.25, -0.2) is 0 Å². The second-order valence-corrected chi connectivity index (χ2v) is 5.53. The van der Waals surface area contributed by atoms with Crippen molar-refractivity contribution in [1.29, 1.82) is 0 Å². The second kappa shape index (κ2) is 10.2. The molecule has 4 heteroatoms. The fourth-order valence-corrected chi connectivity index (χ4v) is 2.11. The Morgan fingerprint density at radius 1 is 0.952 bits per heavy atom. The summed E-state index contributed by atoms with van der Waals surface area (Å²) in [6, 6.07) is 10.5. The van der Waals surface area contributed by atoms with Crippen molar-refractivity contribution in [2.24, 2.45) is 4.99 Å². The molecule has 0 aliphatic rings. The van der Waals surface area contributed by atoms with Crippen LogP contribution in [0.1, 0.15) is 18.4 Å². The van der Waals surface area contributed by atoms with E-state index in [1.165, 1.54) is 5.56 Å². The largest absolute Gasteiger partial charge is 0.381 e. The number of nitrogens with zero attached hydrogens (tertiary/aromatic N) is 3. The Bertz CT molecular complexity index is 392. The zero-order valence-electron chi connectivity index (χ0n) is 13.9. The van der Waals surface area contributed by atoms with E-state index in [9.17, 15) is 0 Å². The summed E-state index contributed by atoms with van der Waals surface area (Å²) in [6.07, 6.45) is 3.12. The van der Waals surface area contributed by atoms with Gasteiger partial charge in [0, 0.05) is 41.3 Å². The van der Waals surface area contributed by atoms with Crippen LogP contribution in [-0.2, 0) is 11.2 Å². The first kappa shape index (κ1) is 17.5. The van der Waals surface area contributed by atoms with Crippen LogP contribution in [0.4, 0.5) is 0 Å². The minimum atomic E-state index is 0.800. The summed E-state index contributed by atoms with van der Waals surface area (Å²) >= 11 is 0. The van der Waals surface area contributed by atoms with Crippen molar-refractivity contribution in [3.63, 3.8) is 0 Å². The zero-order chi connectivity index (χ0) is 15.5. The Kier molecular flexibility index (Phi) is 8.51. The molecule has 21 heavy (non-hydrogen) atoms. The Morgan fingerprint density at radius 3 is 2.24 bits per heavy atom. The number of ether oxygens (including phenoxy) is 1. The summed E-state index contributed by atoms with van der Waals surface area (Å²) in [5.41, 5.74) is 1.34. The van der Waals surface area contributed by atoms with E-state index in [4.69, 9.17) is 4.74 Å². The van der Waals surface area contributed by atoms with Crippen LogP contribution >= 0.6 is 0 Å². The molecule has 118 valence electrons. The van der Waals surface area contributed by atoms with E-state index >= 15 is 0 Å². The lowest BCUT2D eigenvalue weighted by Gasteiger charge is -2.22. The standard InChI is InChI=1S/C17H29N3O/c1-19(2)17(20(3)4)18-13-8-9-14-21-15-12-16-10-6-5-7-11-16/h5-7,10-11H,8-9,12-15H2,1-4H3. The highest BCUT2D eigenvalue weighted by Crippen LogP contribution is 2.00. The van der Waals surface area contributed by atoms with Crippen molar-refractivity contribution in [3.05, 3.63) is 35.9 Å². The minimum Gasteiger partial charge on any atom is -0.381 e. The molecule has 0 aliphatic carbocycles. The number of guanidine groups is 1. The van der Waals surface area contributed by atoms with E-state index < -0.39 is 0 Å². The van der Waals surface area contributed by atoms with Crippen LogP contribution in [0.5, 0.6) is 0 Å². The molecule has 0 N–H and O–H groups in total. The molecule has 1 rings (SSSR count). The molecule has 4 nitrogen and oxygen atoms in total. The maximum absolute atomic E-state index is 5.67. The third-order valence-electron chi connectivity index (χ3n) is 3.13. The molecule has 0 heterocycles. The van der Waals surface area contributed by atoms with Gasteiger partial charge in [0.15, 0.2) is 5.96 Å². The van der Waals surface area contributed by atoms with Crippen molar-refractivity contribution >= 4 is 5.96 Å². The molecule has 0 radical (unpaired) electrons. The van der Waals surface area contributed by atoms with E-state index in [0.29, 0.717) is 0 Å². The van der Waals surface area contributed by atoms with Gasteiger partial charge in [-0.1, -0.05) is 30.3 Å². The predicted molar refractivity (Wildman–Crippen MR) is 89.9 cm³/mol. The number of hydrogen-bond donors (Lipinski definition) is 0. The van der Waals surface area contributed by atoms with Gasteiger partial charge in [0.1, 0.15) is 0 Å². The molecule has 0 atom stereocenters. The van der Waals surface area contributed by atoms with Gasteiger partial charge in [-0.15, -0.1) is 0 Å². The van der Waals surface area contributed by atoms with Gasteiger partial charge in [0.25, 0.3) is 0 Å². The first-order chi connectivity index (χ1) is 10.1. The van der Waals surface area contributed by atoms with Crippen LogP contribution in [0.25, 0.3) is 0 Å². The van der Waals surface area contributed by atoms with Crippen LogP contribution in [-0.4, -0.2) is 63.7 Å². The number of benzene rings is 1. The monoisotopic (exact) mass is 291 g/mol. The van der Waals surface area contributed by atoms with Gasteiger partial charge < -0.3 is 14.5 Å². The van der Waals surface area contributed by atoms with Crippen molar-refractivity contribution in [2.45, 2.75) is 19.3 Å². The van der Waals surface area contributed by atoms with Gasteiger partial charge in [0.05, 0.1) is 6.61 Å². The number of unbranched alkanes of at least 4 members (excludes halogenated alkanes) is 1. The molecule has 0 saturated heterocycles. The molecule has 0 spiro atoms. The van der Waals surface area contributed by atoms with Crippen LogP contribution in [0.3, 0.4) is 0 Å². The lowest BCUT2D eigenvalue weighted by atomic mass is 10.2. The highest BCUT2D eigenvalue weighted by Gasteiger charge is 2.02. The summed E-state index contributed by atoms with van der Waals surface area (Å²) in [5, 5.41) is 0. The molecule has 0 bridgehead atoms. The first-order valence-electron chi connectivity index (χ1n) is 7.62. The van der Waals surface area contributed by atoms with E-state index in [2.05, 4.69) is 29.3 Å². The Labute approximate surface area is 129 Å². The third kappa shape index (κ3) is 7.71.